The molecular weight excluding hydrogens is 661 g/mol. The van der Waals surface area contributed by atoms with E-state index in [2.05, 4.69) is 173 Å². The Morgan fingerprint density at radius 1 is 0.418 bits per heavy atom. The molecule has 0 fully saturated rings. The Morgan fingerprint density at radius 3 is 1.15 bits per heavy atom. The Labute approximate surface area is 331 Å². The fraction of sp³-hybridized carbons (Fsp3) is 0.273. The maximum atomic E-state index is 4.02. The zero-order valence-electron chi connectivity index (χ0n) is 33.2. The Bertz CT molecular complexity index is 1990. The first kappa shape index (κ1) is 38.1. The average molecular weight is 719 g/mol. The molecule has 0 spiro atoms. The van der Waals surface area contributed by atoms with E-state index in [-0.39, 0.29) is 17.3 Å². The van der Waals surface area contributed by atoms with Crippen LogP contribution < -0.4 is 0 Å². The molecule has 1 aliphatic carbocycles. The number of rotatable bonds is 18. The topological polar surface area (TPSA) is 0 Å². The Hall–Kier alpha value is -5.20. The highest BCUT2D eigenvalue weighted by Gasteiger charge is 2.43. The average Bonchev–Trinajstić information content (AvgIpc) is 3.50. The lowest BCUT2D eigenvalue weighted by Crippen LogP contribution is -2.26. The highest BCUT2D eigenvalue weighted by molar-refractivity contribution is 5.82. The molecule has 1 aliphatic rings. The van der Waals surface area contributed by atoms with Crippen LogP contribution in [0.3, 0.4) is 0 Å². The zero-order valence-corrected chi connectivity index (χ0v) is 33.2. The second kappa shape index (κ2) is 18.0. The van der Waals surface area contributed by atoms with Gasteiger partial charge in [-0.2, -0.15) is 0 Å². The van der Waals surface area contributed by atoms with Gasteiger partial charge in [-0.25, -0.2) is 0 Å². The van der Waals surface area contributed by atoms with Crippen molar-refractivity contribution in [1.82, 2.24) is 0 Å². The number of fused-ring (bicyclic) bond motifs is 3. The Morgan fingerprint density at radius 2 is 0.782 bits per heavy atom. The number of hydrogen-bond donors (Lipinski definition) is 0. The minimum absolute atomic E-state index is 0.0416. The Kier molecular flexibility index (Phi) is 12.4. The predicted octanol–water partition coefficient (Wildman–Crippen LogP) is 15.5. The van der Waals surface area contributed by atoms with Crippen LogP contribution in [0.1, 0.15) is 146 Å². The van der Waals surface area contributed by atoms with Crippen LogP contribution in [0.5, 0.6) is 0 Å². The third kappa shape index (κ3) is 8.11. The number of unbranched alkanes of at least 4 members (excludes halogenated alkanes) is 6. The molecular formula is C55H58. The number of hydrogen-bond acceptors (Lipinski definition) is 0. The van der Waals surface area contributed by atoms with Crippen molar-refractivity contribution in [3.05, 3.63) is 214 Å². The molecule has 0 amide bonds. The lowest BCUT2D eigenvalue weighted by atomic mass is 9.69. The van der Waals surface area contributed by atoms with Gasteiger partial charge in [0.05, 0.1) is 0 Å². The normalized spacial score (nSPS) is 13.8. The second-order valence-corrected chi connectivity index (χ2v) is 15.7. The van der Waals surface area contributed by atoms with Crippen molar-refractivity contribution in [3.8, 4) is 11.1 Å². The van der Waals surface area contributed by atoms with E-state index in [0.717, 1.165) is 11.1 Å². The standard InChI is InChI=1S/C55H58/c1-5-9-11-19-37-55(38-20-12-10-6-2)51-39-47(53(43-21-15-13-16-22-43)45-29-25-41(7-3)26-30-45)33-35-49(51)50-36-34-48(40-52(50)55)54(44-23-17-14-18-24-44)46-31-27-42(8-4)28-32-46/h7-8,13-18,21-36,39-40,53-54H,3-6,9-12,19-20,37-38H2,1-2H3. The third-order valence-electron chi connectivity index (χ3n) is 12.3. The fourth-order valence-electron chi connectivity index (χ4n) is 9.36. The fourth-order valence-corrected chi connectivity index (χ4v) is 9.36. The van der Waals surface area contributed by atoms with E-state index in [9.17, 15) is 0 Å². The molecule has 0 nitrogen and oxygen atoms in total. The van der Waals surface area contributed by atoms with E-state index in [1.807, 2.05) is 12.2 Å². The molecule has 0 radical (unpaired) electrons. The Balaban J connectivity index is 1.41. The van der Waals surface area contributed by atoms with Crippen LogP contribution in [-0.4, -0.2) is 0 Å². The maximum Gasteiger partial charge on any atom is 0.0340 e. The van der Waals surface area contributed by atoms with Crippen LogP contribution in [0.2, 0.25) is 0 Å². The van der Waals surface area contributed by atoms with Crippen molar-refractivity contribution in [1.29, 1.82) is 0 Å². The van der Waals surface area contributed by atoms with Gasteiger partial charge in [0.2, 0.25) is 0 Å². The van der Waals surface area contributed by atoms with E-state index in [4.69, 9.17) is 0 Å². The van der Waals surface area contributed by atoms with E-state index in [1.165, 1.54) is 109 Å². The summed E-state index contributed by atoms with van der Waals surface area (Å²) in [5.74, 6) is 0.284. The minimum atomic E-state index is -0.0416. The minimum Gasteiger partial charge on any atom is -0.0985 e. The van der Waals surface area contributed by atoms with Crippen LogP contribution in [-0.2, 0) is 5.41 Å². The van der Waals surface area contributed by atoms with Crippen molar-refractivity contribution in [3.63, 3.8) is 0 Å². The summed E-state index contributed by atoms with van der Waals surface area (Å²) in [7, 11) is 0. The SMILES string of the molecule is C=Cc1ccc(C(c2ccccc2)c2ccc3c(c2)C(CCCCCC)(CCCCCC)c2cc(C(c4ccccc4)c4ccc(C=C)cc4)ccc2-3)cc1. The van der Waals surface area contributed by atoms with E-state index < -0.39 is 0 Å². The van der Waals surface area contributed by atoms with Gasteiger partial charge in [-0.05, 0) is 79.6 Å². The van der Waals surface area contributed by atoms with Gasteiger partial charge in [-0.1, -0.05) is 236 Å². The number of benzene rings is 6. The van der Waals surface area contributed by atoms with Gasteiger partial charge in [0.15, 0.2) is 0 Å². The van der Waals surface area contributed by atoms with Crippen LogP contribution in [0, 0.1) is 0 Å². The molecule has 0 saturated carbocycles. The van der Waals surface area contributed by atoms with Gasteiger partial charge in [-0.15, -0.1) is 0 Å². The van der Waals surface area contributed by atoms with E-state index in [1.54, 1.807) is 11.1 Å². The van der Waals surface area contributed by atoms with Crippen molar-refractivity contribution < 1.29 is 0 Å². The summed E-state index contributed by atoms with van der Waals surface area (Å²) in [6.45, 7) is 12.7. The largest absolute Gasteiger partial charge is 0.0985 e. The van der Waals surface area contributed by atoms with E-state index in [0.29, 0.717) is 0 Å². The highest BCUT2D eigenvalue weighted by atomic mass is 14.5. The lowest BCUT2D eigenvalue weighted by molar-refractivity contribution is 0.400. The summed E-state index contributed by atoms with van der Waals surface area (Å²) >= 11 is 0. The summed E-state index contributed by atoms with van der Waals surface area (Å²) in [6.07, 6.45) is 16.4. The molecule has 0 heteroatoms. The molecule has 278 valence electrons. The molecule has 2 unspecified atom stereocenters. The molecule has 6 aromatic carbocycles. The zero-order chi connectivity index (χ0) is 38.0. The lowest BCUT2D eigenvalue weighted by Gasteiger charge is -2.34. The molecule has 0 N–H and O–H groups in total. The van der Waals surface area contributed by atoms with Gasteiger partial charge in [0.25, 0.3) is 0 Å². The molecule has 0 aliphatic heterocycles. The maximum absolute atomic E-state index is 4.02. The predicted molar refractivity (Wildman–Crippen MR) is 238 cm³/mol. The summed E-state index contributed by atoms with van der Waals surface area (Å²) in [4.78, 5) is 0. The highest BCUT2D eigenvalue weighted by Crippen LogP contribution is 2.56. The molecule has 0 aromatic heterocycles. The van der Waals surface area contributed by atoms with Gasteiger partial charge in [0, 0.05) is 17.3 Å². The van der Waals surface area contributed by atoms with Gasteiger partial charge < -0.3 is 0 Å². The first-order chi connectivity index (χ1) is 27.1. The molecule has 0 saturated heterocycles. The molecule has 2 atom stereocenters. The summed E-state index contributed by atoms with van der Waals surface area (Å²) in [5, 5.41) is 0. The van der Waals surface area contributed by atoms with Crippen LogP contribution in [0.25, 0.3) is 23.3 Å². The van der Waals surface area contributed by atoms with Crippen LogP contribution in [0.4, 0.5) is 0 Å². The quantitative estimate of drug-likeness (QED) is 0.0613. The smallest absolute Gasteiger partial charge is 0.0340 e. The monoisotopic (exact) mass is 718 g/mol. The van der Waals surface area contributed by atoms with Crippen LogP contribution >= 0.6 is 0 Å². The molecule has 6 aromatic rings. The van der Waals surface area contributed by atoms with Crippen molar-refractivity contribution in [2.45, 2.75) is 95.3 Å². The molecule has 0 heterocycles. The van der Waals surface area contributed by atoms with Gasteiger partial charge in [0.1, 0.15) is 0 Å². The van der Waals surface area contributed by atoms with Crippen molar-refractivity contribution >= 4 is 12.2 Å². The van der Waals surface area contributed by atoms with Crippen LogP contribution in [0.15, 0.2) is 159 Å². The third-order valence-corrected chi connectivity index (χ3v) is 12.3. The van der Waals surface area contributed by atoms with Crippen molar-refractivity contribution in [2.24, 2.45) is 0 Å². The molecule has 0 bridgehead atoms. The summed E-state index contributed by atoms with van der Waals surface area (Å²) < 4.78 is 0. The van der Waals surface area contributed by atoms with Crippen molar-refractivity contribution in [2.75, 3.05) is 0 Å². The first-order valence-electron chi connectivity index (χ1n) is 20.9. The summed E-state index contributed by atoms with van der Waals surface area (Å²) in [6, 6.07) is 55.3. The second-order valence-electron chi connectivity index (χ2n) is 15.7. The molecule has 7 rings (SSSR count). The molecule has 55 heavy (non-hydrogen) atoms. The van der Waals surface area contributed by atoms with E-state index >= 15 is 0 Å². The van der Waals surface area contributed by atoms with Gasteiger partial charge in [-0.3, -0.25) is 0 Å². The summed E-state index contributed by atoms with van der Waals surface area (Å²) in [5.41, 5.74) is 16.2. The first-order valence-corrected chi connectivity index (χ1v) is 20.9. The van der Waals surface area contributed by atoms with Gasteiger partial charge >= 0.3 is 0 Å².